The molecule has 0 aliphatic carbocycles. The Morgan fingerprint density at radius 1 is 1.22 bits per heavy atom. The summed E-state index contributed by atoms with van der Waals surface area (Å²) in [6.45, 7) is 6.04. The molecule has 8 heteroatoms. The zero-order valence-electron chi connectivity index (χ0n) is 15.3. The molecule has 0 aliphatic heterocycles. The van der Waals surface area contributed by atoms with Gasteiger partial charge >= 0.3 is 0 Å². The molecule has 0 saturated carbocycles. The molecule has 6 nitrogen and oxygen atoms in total. The van der Waals surface area contributed by atoms with Crippen LogP contribution in [0.1, 0.15) is 31.1 Å². The highest BCUT2D eigenvalue weighted by Gasteiger charge is 2.21. The van der Waals surface area contributed by atoms with Gasteiger partial charge in [0.2, 0.25) is 5.91 Å². The molecule has 27 heavy (non-hydrogen) atoms. The smallest absolute Gasteiger partial charge is 0.237 e. The maximum absolute atomic E-state index is 12.6. The fourth-order valence-electron chi connectivity index (χ4n) is 2.59. The first-order chi connectivity index (χ1) is 13.0. The summed E-state index contributed by atoms with van der Waals surface area (Å²) in [5, 5.41) is 13.7. The molecule has 0 spiro atoms. The van der Waals surface area contributed by atoms with Gasteiger partial charge in [-0.1, -0.05) is 30.0 Å². The Balaban J connectivity index is 1.75. The summed E-state index contributed by atoms with van der Waals surface area (Å²) in [5.41, 5.74) is 1.03. The quantitative estimate of drug-likeness (QED) is 0.471. The van der Waals surface area contributed by atoms with Gasteiger partial charge in [-0.25, -0.2) is 0 Å². The molecule has 1 aromatic carbocycles. The zero-order chi connectivity index (χ0) is 19.4. The highest BCUT2D eigenvalue weighted by molar-refractivity contribution is 8.00. The normalized spacial score (nSPS) is 12.0. The molecule has 2 heterocycles. The van der Waals surface area contributed by atoms with E-state index in [4.69, 9.17) is 0 Å². The number of para-hydroxylation sites is 1. The van der Waals surface area contributed by atoms with Crippen LogP contribution in [0.15, 0.2) is 46.9 Å². The molecule has 0 aliphatic rings. The number of hydrogen-bond donors (Lipinski definition) is 1. The lowest BCUT2D eigenvalue weighted by molar-refractivity contribution is -0.115. The standard InChI is InChI=1S/C19H20N4O2S2/c1-4-23-17(16-10-7-11-26-16)21-22-19(23)27-13(3)18(25)20-15-9-6-5-8-14(15)12(2)24/h5-11,13H,4H2,1-3H3,(H,20,25)/t13-/m1/s1. The van der Waals surface area contributed by atoms with Gasteiger partial charge in [0, 0.05) is 12.1 Å². The van der Waals surface area contributed by atoms with Crippen molar-refractivity contribution in [2.45, 2.75) is 37.7 Å². The van der Waals surface area contributed by atoms with Crippen molar-refractivity contribution in [3.05, 3.63) is 47.3 Å². The summed E-state index contributed by atoms with van der Waals surface area (Å²) in [7, 11) is 0. The molecule has 3 rings (SSSR count). The van der Waals surface area contributed by atoms with Crippen LogP contribution in [0.25, 0.3) is 10.7 Å². The number of Topliss-reactive ketones (excluding diaryl/α,β-unsaturated/α-hetero) is 1. The average molecular weight is 401 g/mol. The van der Waals surface area contributed by atoms with Gasteiger partial charge in [0.25, 0.3) is 0 Å². The minimum Gasteiger partial charge on any atom is -0.324 e. The molecule has 3 aromatic rings. The van der Waals surface area contributed by atoms with Crippen molar-refractivity contribution in [2.24, 2.45) is 0 Å². The first-order valence-electron chi connectivity index (χ1n) is 8.55. The Morgan fingerprint density at radius 2 is 2.00 bits per heavy atom. The van der Waals surface area contributed by atoms with Crippen LogP contribution in [-0.4, -0.2) is 31.7 Å². The first kappa shape index (κ1) is 19.3. The van der Waals surface area contributed by atoms with E-state index in [0.717, 1.165) is 10.7 Å². The van der Waals surface area contributed by atoms with Crippen LogP contribution in [0.5, 0.6) is 0 Å². The van der Waals surface area contributed by atoms with E-state index >= 15 is 0 Å². The molecule has 1 atom stereocenters. The van der Waals surface area contributed by atoms with Gasteiger partial charge in [-0.2, -0.15) is 0 Å². The predicted octanol–water partition coefficient (Wildman–Crippen LogP) is 4.35. The Morgan fingerprint density at radius 3 is 2.67 bits per heavy atom. The van der Waals surface area contributed by atoms with Crippen molar-refractivity contribution >= 4 is 40.5 Å². The van der Waals surface area contributed by atoms with Gasteiger partial charge in [-0.3, -0.25) is 9.59 Å². The lowest BCUT2D eigenvalue weighted by Crippen LogP contribution is -2.24. The average Bonchev–Trinajstić information content (AvgIpc) is 3.31. The van der Waals surface area contributed by atoms with Crippen LogP contribution in [0, 0.1) is 0 Å². The topological polar surface area (TPSA) is 76.9 Å². The van der Waals surface area contributed by atoms with Gasteiger partial charge in [-0.05, 0) is 44.4 Å². The van der Waals surface area contributed by atoms with Crippen LogP contribution in [0.4, 0.5) is 5.69 Å². The minimum absolute atomic E-state index is 0.0856. The third-order valence-corrected chi connectivity index (χ3v) is 5.94. The molecular formula is C19H20N4O2S2. The van der Waals surface area contributed by atoms with Crippen molar-refractivity contribution in [3.63, 3.8) is 0 Å². The van der Waals surface area contributed by atoms with Crippen molar-refractivity contribution in [3.8, 4) is 10.7 Å². The summed E-state index contributed by atoms with van der Waals surface area (Å²) in [6, 6.07) is 11.0. The van der Waals surface area contributed by atoms with Crippen LogP contribution in [-0.2, 0) is 11.3 Å². The van der Waals surface area contributed by atoms with Gasteiger partial charge < -0.3 is 9.88 Å². The second kappa shape index (κ2) is 8.49. The van der Waals surface area contributed by atoms with Crippen molar-refractivity contribution in [1.29, 1.82) is 0 Å². The minimum atomic E-state index is -0.393. The number of nitrogens with one attached hydrogen (secondary N) is 1. The van der Waals surface area contributed by atoms with E-state index in [9.17, 15) is 9.59 Å². The molecule has 0 unspecified atom stereocenters. The van der Waals surface area contributed by atoms with E-state index in [0.29, 0.717) is 23.0 Å². The molecule has 0 radical (unpaired) electrons. The van der Waals surface area contributed by atoms with E-state index in [-0.39, 0.29) is 11.7 Å². The van der Waals surface area contributed by atoms with Crippen LogP contribution in [0.2, 0.25) is 0 Å². The summed E-state index contributed by atoms with van der Waals surface area (Å²) in [4.78, 5) is 25.4. The predicted molar refractivity (Wildman–Crippen MR) is 109 cm³/mol. The Labute approximate surface area is 166 Å². The fourth-order valence-corrected chi connectivity index (χ4v) is 4.22. The number of anilines is 1. The molecule has 0 fully saturated rings. The number of benzene rings is 1. The zero-order valence-corrected chi connectivity index (χ0v) is 16.9. The van der Waals surface area contributed by atoms with Gasteiger partial charge in [0.05, 0.1) is 15.8 Å². The Bertz CT molecular complexity index is 951. The van der Waals surface area contributed by atoms with E-state index < -0.39 is 5.25 Å². The highest BCUT2D eigenvalue weighted by Crippen LogP contribution is 2.29. The number of thioether (sulfide) groups is 1. The van der Waals surface area contributed by atoms with Crippen LogP contribution in [0.3, 0.4) is 0 Å². The number of rotatable bonds is 7. The number of nitrogens with zero attached hydrogens (tertiary/aromatic N) is 3. The van der Waals surface area contributed by atoms with E-state index in [1.807, 2.05) is 35.9 Å². The largest absolute Gasteiger partial charge is 0.324 e. The van der Waals surface area contributed by atoms with E-state index in [2.05, 4.69) is 15.5 Å². The van der Waals surface area contributed by atoms with Gasteiger partial charge in [-0.15, -0.1) is 21.5 Å². The van der Waals surface area contributed by atoms with Gasteiger partial charge in [0.1, 0.15) is 0 Å². The number of amides is 1. The number of aromatic nitrogens is 3. The molecule has 0 saturated heterocycles. The second-order valence-corrected chi connectivity index (χ2v) is 8.13. The molecular weight excluding hydrogens is 380 g/mol. The highest BCUT2D eigenvalue weighted by atomic mass is 32.2. The maximum atomic E-state index is 12.6. The van der Waals surface area contributed by atoms with Crippen molar-refractivity contribution < 1.29 is 9.59 Å². The SMILES string of the molecule is CCn1c(S[C@H](C)C(=O)Nc2ccccc2C(C)=O)nnc1-c1cccs1. The second-order valence-electron chi connectivity index (χ2n) is 5.88. The Hall–Kier alpha value is -2.45. The maximum Gasteiger partial charge on any atom is 0.237 e. The molecule has 1 N–H and O–H groups in total. The lowest BCUT2D eigenvalue weighted by Gasteiger charge is -2.14. The van der Waals surface area contributed by atoms with Crippen molar-refractivity contribution in [1.82, 2.24) is 14.8 Å². The van der Waals surface area contributed by atoms with Crippen LogP contribution < -0.4 is 5.32 Å². The molecule has 140 valence electrons. The van der Waals surface area contributed by atoms with Crippen LogP contribution >= 0.6 is 23.1 Å². The number of carbonyl (C=O) groups excluding carboxylic acids is 2. The third-order valence-electron chi connectivity index (χ3n) is 3.99. The third kappa shape index (κ3) is 4.28. The molecule has 0 bridgehead atoms. The first-order valence-corrected chi connectivity index (χ1v) is 10.3. The fraction of sp³-hybridized carbons (Fsp3) is 0.263. The lowest BCUT2D eigenvalue weighted by atomic mass is 10.1. The summed E-state index contributed by atoms with van der Waals surface area (Å²) in [5.74, 6) is 0.541. The number of carbonyl (C=O) groups is 2. The summed E-state index contributed by atoms with van der Waals surface area (Å²) < 4.78 is 2.00. The molecule has 1 amide bonds. The summed E-state index contributed by atoms with van der Waals surface area (Å²) >= 11 is 2.96. The van der Waals surface area contributed by atoms with Gasteiger partial charge in [0.15, 0.2) is 16.8 Å². The Kier molecular flexibility index (Phi) is 6.08. The van der Waals surface area contributed by atoms with Crippen molar-refractivity contribution in [2.75, 3.05) is 5.32 Å². The number of hydrogen-bond acceptors (Lipinski definition) is 6. The number of thiophene rings is 1. The number of ketones is 1. The monoisotopic (exact) mass is 400 g/mol. The van der Waals surface area contributed by atoms with E-state index in [1.54, 1.807) is 35.6 Å². The van der Waals surface area contributed by atoms with E-state index in [1.165, 1.54) is 18.7 Å². The summed E-state index contributed by atoms with van der Waals surface area (Å²) in [6.07, 6.45) is 0. The molecule has 2 aromatic heterocycles.